The molecule has 0 bridgehead atoms. The van der Waals surface area contributed by atoms with E-state index in [9.17, 15) is 9.59 Å². The van der Waals surface area contributed by atoms with Gasteiger partial charge in [-0.3, -0.25) is 14.5 Å². The Morgan fingerprint density at radius 2 is 1.78 bits per heavy atom. The van der Waals surface area contributed by atoms with E-state index in [4.69, 9.17) is 4.74 Å². The first-order valence-corrected chi connectivity index (χ1v) is 7.96. The molecule has 0 N–H and O–H groups in total. The molecule has 0 saturated carbocycles. The zero-order chi connectivity index (χ0) is 16.7. The number of morpholine rings is 1. The summed E-state index contributed by atoms with van der Waals surface area (Å²) in [6.45, 7) is 10.8. The van der Waals surface area contributed by atoms with Crippen molar-refractivity contribution in [2.75, 3.05) is 13.1 Å². The van der Waals surface area contributed by atoms with Gasteiger partial charge in [0.1, 0.15) is 6.04 Å². The zero-order valence-corrected chi connectivity index (χ0v) is 13.8. The van der Waals surface area contributed by atoms with Crippen LogP contribution in [-0.4, -0.2) is 53.0 Å². The Balaban J connectivity index is 1.81. The fraction of sp³-hybridized carbons (Fsp3) is 0.444. The molecule has 1 fully saturated rings. The second-order valence-corrected chi connectivity index (χ2v) is 6.34. The number of amides is 2. The lowest BCUT2D eigenvalue weighted by Crippen LogP contribution is -2.54. The van der Waals surface area contributed by atoms with Crippen LogP contribution in [0.4, 0.5) is 0 Å². The SMILES string of the molecule is C=C1c2ccccc2C(=O)N1[C@H](C)C(=O)N1C[C@H](C)O[C@@H](C)C1. The number of rotatable bonds is 2. The van der Waals surface area contributed by atoms with Gasteiger partial charge in [-0.15, -0.1) is 0 Å². The number of fused-ring (bicyclic) bond motifs is 1. The monoisotopic (exact) mass is 314 g/mol. The van der Waals surface area contributed by atoms with Crippen LogP contribution in [0.15, 0.2) is 30.8 Å². The fourth-order valence-corrected chi connectivity index (χ4v) is 3.45. The van der Waals surface area contributed by atoms with Crippen LogP contribution in [0.3, 0.4) is 0 Å². The maximum atomic E-state index is 12.9. The number of benzene rings is 1. The molecular weight excluding hydrogens is 292 g/mol. The molecule has 0 aliphatic carbocycles. The van der Waals surface area contributed by atoms with Crippen LogP contribution in [0.25, 0.3) is 5.70 Å². The highest BCUT2D eigenvalue weighted by Gasteiger charge is 2.39. The number of hydrogen-bond acceptors (Lipinski definition) is 3. The van der Waals surface area contributed by atoms with Crippen LogP contribution in [0.1, 0.15) is 36.7 Å². The molecule has 23 heavy (non-hydrogen) atoms. The average molecular weight is 314 g/mol. The molecule has 122 valence electrons. The Kier molecular flexibility index (Phi) is 3.98. The zero-order valence-electron chi connectivity index (χ0n) is 13.8. The van der Waals surface area contributed by atoms with E-state index < -0.39 is 6.04 Å². The minimum atomic E-state index is -0.570. The highest BCUT2D eigenvalue weighted by atomic mass is 16.5. The molecule has 3 atom stereocenters. The summed E-state index contributed by atoms with van der Waals surface area (Å²) in [5.74, 6) is -0.213. The first-order chi connectivity index (χ1) is 10.9. The minimum Gasteiger partial charge on any atom is -0.372 e. The van der Waals surface area contributed by atoms with E-state index in [0.717, 1.165) is 5.56 Å². The molecule has 0 spiro atoms. The lowest BCUT2D eigenvalue weighted by molar-refractivity contribution is -0.146. The van der Waals surface area contributed by atoms with Crippen LogP contribution in [0.5, 0.6) is 0 Å². The normalized spacial score (nSPS) is 25.5. The molecule has 2 amide bonds. The van der Waals surface area contributed by atoms with Gasteiger partial charge < -0.3 is 9.64 Å². The molecule has 5 heteroatoms. The first kappa shape index (κ1) is 15.7. The molecule has 1 aromatic rings. The maximum absolute atomic E-state index is 12.9. The summed E-state index contributed by atoms with van der Waals surface area (Å²) in [6.07, 6.45) is 0.00848. The lowest BCUT2D eigenvalue weighted by Gasteiger charge is -2.38. The molecule has 0 aromatic heterocycles. The van der Waals surface area contributed by atoms with Gasteiger partial charge in [-0.25, -0.2) is 0 Å². The van der Waals surface area contributed by atoms with E-state index in [1.54, 1.807) is 17.9 Å². The summed E-state index contributed by atoms with van der Waals surface area (Å²) in [4.78, 5) is 28.8. The Morgan fingerprint density at radius 1 is 1.22 bits per heavy atom. The standard InChI is InChI=1S/C18H22N2O3/c1-11-9-19(10-12(2)23-11)17(21)14(4)20-13(3)15-7-5-6-8-16(15)18(20)22/h5-8,11-12,14H,3,9-10H2,1-2,4H3/t11-,12-,14+/m0/s1. The fourth-order valence-electron chi connectivity index (χ4n) is 3.45. The van der Waals surface area contributed by atoms with E-state index >= 15 is 0 Å². The topological polar surface area (TPSA) is 49.9 Å². The summed E-state index contributed by atoms with van der Waals surface area (Å²) in [6, 6.07) is 6.77. The third-order valence-corrected chi connectivity index (χ3v) is 4.45. The molecule has 2 aliphatic rings. The van der Waals surface area contributed by atoms with Crippen molar-refractivity contribution >= 4 is 17.5 Å². The number of hydrogen-bond donors (Lipinski definition) is 0. The summed E-state index contributed by atoms with van der Waals surface area (Å²) in [5, 5.41) is 0. The molecule has 2 heterocycles. The highest BCUT2D eigenvalue weighted by molar-refractivity contribution is 6.10. The van der Waals surface area contributed by atoms with Crippen molar-refractivity contribution in [3.8, 4) is 0 Å². The van der Waals surface area contributed by atoms with Gasteiger partial charge in [0.2, 0.25) is 5.91 Å². The molecule has 0 radical (unpaired) electrons. The van der Waals surface area contributed by atoms with Crippen LogP contribution in [0, 0.1) is 0 Å². The third-order valence-electron chi connectivity index (χ3n) is 4.45. The Hall–Kier alpha value is -2.14. The predicted octanol–water partition coefficient (Wildman–Crippen LogP) is 2.14. The largest absolute Gasteiger partial charge is 0.372 e. The lowest BCUT2D eigenvalue weighted by atomic mass is 10.1. The van der Waals surface area contributed by atoms with Crippen molar-refractivity contribution in [3.63, 3.8) is 0 Å². The number of nitrogens with zero attached hydrogens (tertiary/aromatic N) is 2. The molecule has 1 aromatic carbocycles. The van der Waals surface area contributed by atoms with Gasteiger partial charge in [0, 0.05) is 29.9 Å². The van der Waals surface area contributed by atoms with Gasteiger partial charge >= 0.3 is 0 Å². The molecule has 3 rings (SSSR count). The van der Waals surface area contributed by atoms with Gasteiger partial charge in [0.05, 0.1) is 12.2 Å². The smallest absolute Gasteiger partial charge is 0.259 e. The summed E-state index contributed by atoms with van der Waals surface area (Å²) in [5.41, 5.74) is 2.02. The summed E-state index contributed by atoms with van der Waals surface area (Å²) >= 11 is 0. The van der Waals surface area contributed by atoms with E-state index in [0.29, 0.717) is 24.4 Å². The second-order valence-electron chi connectivity index (χ2n) is 6.34. The van der Waals surface area contributed by atoms with Crippen molar-refractivity contribution < 1.29 is 14.3 Å². The Morgan fingerprint density at radius 3 is 2.35 bits per heavy atom. The Labute approximate surface area is 136 Å². The maximum Gasteiger partial charge on any atom is 0.259 e. The van der Waals surface area contributed by atoms with E-state index in [1.807, 2.05) is 32.0 Å². The number of ether oxygens (including phenoxy) is 1. The van der Waals surface area contributed by atoms with E-state index in [2.05, 4.69) is 6.58 Å². The van der Waals surface area contributed by atoms with Crippen LogP contribution < -0.4 is 0 Å². The molecule has 1 saturated heterocycles. The minimum absolute atomic E-state index is 0.00424. The number of carbonyl (C=O) groups is 2. The van der Waals surface area contributed by atoms with Crippen LogP contribution in [-0.2, 0) is 9.53 Å². The molecular formula is C18H22N2O3. The van der Waals surface area contributed by atoms with Crippen molar-refractivity contribution in [3.05, 3.63) is 42.0 Å². The quantitative estimate of drug-likeness (QED) is 0.840. The van der Waals surface area contributed by atoms with Gasteiger partial charge in [0.25, 0.3) is 5.91 Å². The van der Waals surface area contributed by atoms with E-state index in [-0.39, 0.29) is 24.0 Å². The van der Waals surface area contributed by atoms with Crippen LogP contribution >= 0.6 is 0 Å². The first-order valence-electron chi connectivity index (χ1n) is 7.96. The molecule has 0 unspecified atom stereocenters. The Bertz CT molecular complexity index is 625. The number of carbonyl (C=O) groups excluding carboxylic acids is 2. The van der Waals surface area contributed by atoms with Crippen molar-refractivity contribution in [1.82, 2.24) is 9.80 Å². The molecule has 5 nitrogen and oxygen atoms in total. The molecule has 2 aliphatic heterocycles. The highest BCUT2D eigenvalue weighted by Crippen LogP contribution is 2.33. The van der Waals surface area contributed by atoms with Gasteiger partial charge in [0.15, 0.2) is 0 Å². The predicted molar refractivity (Wildman–Crippen MR) is 87.7 cm³/mol. The summed E-state index contributed by atoms with van der Waals surface area (Å²) < 4.78 is 5.67. The second kappa shape index (κ2) is 5.81. The van der Waals surface area contributed by atoms with E-state index in [1.165, 1.54) is 4.90 Å². The average Bonchev–Trinajstić information content (AvgIpc) is 2.77. The van der Waals surface area contributed by atoms with Crippen molar-refractivity contribution in [2.45, 2.75) is 39.0 Å². The van der Waals surface area contributed by atoms with Gasteiger partial charge in [-0.2, -0.15) is 0 Å². The van der Waals surface area contributed by atoms with Gasteiger partial charge in [-0.05, 0) is 26.8 Å². The third kappa shape index (κ3) is 2.65. The van der Waals surface area contributed by atoms with Crippen molar-refractivity contribution in [1.29, 1.82) is 0 Å². The van der Waals surface area contributed by atoms with Crippen molar-refractivity contribution in [2.24, 2.45) is 0 Å². The van der Waals surface area contributed by atoms with Gasteiger partial charge in [-0.1, -0.05) is 24.8 Å². The summed E-state index contributed by atoms with van der Waals surface area (Å²) in [7, 11) is 0. The van der Waals surface area contributed by atoms with Crippen LogP contribution in [0.2, 0.25) is 0 Å².